The minimum atomic E-state index is -0.0977. The number of nitrogens with one attached hydrogen (secondary N) is 1. The van der Waals surface area contributed by atoms with E-state index in [4.69, 9.17) is 0 Å². The molecule has 3 aromatic rings. The summed E-state index contributed by atoms with van der Waals surface area (Å²) in [6.45, 7) is 0. The maximum absolute atomic E-state index is 12.4. The molecule has 138 valence electrons. The number of aryl methyl sites for hydroxylation is 1. The lowest BCUT2D eigenvalue weighted by Crippen LogP contribution is -2.32. The van der Waals surface area contributed by atoms with Gasteiger partial charge < -0.3 is 5.32 Å². The average Bonchev–Trinajstić information content (AvgIpc) is 2.68. The first-order chi connectivity index (χ1) is 13.2. The molecule has 1 amide bonds. The van der Waals surface area contributed by atoms with Crippen molar-refractivity contribution in [3.63, 3.8) is 0 Å². The third-order valence-electron chi connectivity index (χ3n) is 4.81. The van der Waals surface area contributed by atoms with Crippen molar-refractivity contribution < 1.29 is 4.79 Å². The molecule has 0 bridgehead atoms. The zero-order valence-electron chi connectivity index (χ0n) is 14.9. The first-order valence-corrected chi connectivity index (χ1v) is 10.3. The first-order valence-electron chi connectivity index (χ1n) is 9.13. The van der Waals surface area contributed by atoms with Crippen LogP contribution >= 0.6 is 11.8 Å². The highest BCUT2D eigenvalue weighted by atomic mass is 32.2. The molecule has 1 aliphatic rings. The zero-order valence-corrected chi connectivity index (χ0v) is 15.7. The SMILES string of the molecule is O=C(CSCc1cc(=O)n2ccccc2n1)N[C@@H]1CCCc2ccccc21. The van der Waals surface area contributed by atoms with Crippen molar-refractivity contribution >= 4 is 23.3 Å². The minimum absolute atomic E-state index is 0.0271. The van der Waals surface area contributed by atoms with Crippen molar-refractivity contribution in [1.29, 1.82) is 0 Å². The number of nitrogens with zero attached hydrogens (tertiary/aromatic N) is 2. The normalized spacial score (nSPS) is 16.1. The van der Waals surface area contributed by atoms with E-state index in [-0.39, 0.29) is 17.5 Å². The van der Waals surface area contributed by atoms with Crippen LogP contribution in [0.5, 0.6) is 0 Å². The van der Waals surface area contributed by atoms with Crippen LogP contribution in [0.15, 0.2) is 59.5 Å². The van der Waals surface area contributed by atoms with Crippen LogP contribution in [-0.4, -0.2) is 21.0 Å². The Hall–Kier alpha value is -2.60. The van der Waals surface area contributed by atoms with Gasteiger partial charge in [-0.25, -0.2) is 4.98 Å². The Morgan fingerprint density at radius 1 is 1.22 bits per heavy atom. The third-order valence-corrected chi connectivity index (χ3v) is 5.78. The lowest BCUT2D eigenvalue weighted by atomic mass is 9.88. The molecule has 5 nitrogen and oxygen atoms in total. The monoisotopic (exact) mass is 379 g/mol. The van der Waals surface area contributed by atoms with Gasteiger partial charge in [-0.05, 0) is 42.5 Å². The maximum Gasteiger partial charge on any atom is 0.258 e. The van der Waals surface area contributed by atoms with Gasteiger partial charge in [0.05, 0.1) is 17.5 Å². The molecule has 0 saturated carbocycles. The molecule has 2 heterocycles. The maximum atomic E-state index is 12.4. The molecule has 0 saturated heterocycles. The average molecular weight is 379 g/mol. The molecular weight excluding hydrogens is 358 g/mol. The number of hydrogen-bond acceptors (Lipinski definition) is 4. The van der Waals surface area contributed by atoms with Gasteiger partial charge in [0.25, 0.3) is 5.56 Å². The molecule has 2 aromatic heterocycles. The predicted molar refractivity (Wildman–Crippen MR) is 108 cm³/mol. The molecule has 1 atom stereocenters. The van der Waals surface area contributed by atoms with E-state index in [9.17, 15) is 9.59 Å². The van der Waals surface area contributed by atoms with Crippen LogP contribution in [0.4, 0.5) is 0 Å². The molecule has 0 spiro atoms. The lowest BCUT2D eigenvalue weighted by Gasteiger charge is -2.26. The van der Waals surface area contributed by atoms with Crippen LogP contribution in [0.1, 0.15) is 35.7 Å². The Morgan fingerprint density at radius 2 is 2.07 bits per heavy atom. The molecular formula is C21H21N3O2S. The number of fused-ring (bicyclic) bond motifs is 2. The summed E-state index contributed by atoms with van der Waals surface area (Å²) in [4.78, 5) is 29.0. The lowest BCUT2D eigenvalue weighted by molar-refractivity contribution is -0.119. The summed E-state index contributed by atoms with van der Waals surface area (Å²) in [5.74, 6) is 0.920. The van der Waals surface area contributed by atoms with Crippen molar-refractivity contribution in [3.05, 3.63) is 81.9 Å². The Balaban J connectivity index is 1.35. The van der Waals surface area contributed by atoms with Gasteiger partial charge in [0.1, 0.15) is 5.65 Å². The largest absolute Gasteiger partial charge is 0.349 e. The standard InChI is InChI=1S/C21H21N3O2S/c25-20(23-18-9-5-7-15-6-1-2-8-17(15)18)14-27-13-16-12-21(26)24-11-4-3-10-19(24)22-16/h1-4,6,8,10-12,18H,5,7,9,13-14H2,(H,23,25)/t18-/m1/s1. The quantitative estimate of drug-likeness (QED) is 0.740. The zero-order chi connectivity index (χ0) is 18.6. The molecule has 6 heteroatoms. The molecule has 27 heavy (non-hydrogen) atoms. The highest BCUT2D eigenvalue weighted by Crippen LogP contribution is 2.29. The number of amides is 1. The van der Waals surface area contributed by atoms with Gasteiger partial charge in [0.15, 0.2) is 0 Å². The van der Waals surface area contributed by atoms with E-state index in [0.29, 0.717) is 22.8 Å². The van der Waals surface area contributed by atoms with Gasteiger partial charge in [-0.1, -0.05) is 30.3 Å². The molecule has 0 unspecified atom stereocenters. The Bertz CT molecular complexity index is 1030. The van der Waals surface area contributed by atoms with Gasteiger partial charge in [-0.3, -0.25) is 14.0 Å². The van der Waals surface area contributed by atoms with Crippen LogP contribution < -0.4 is 10.9 Å². The Kier molecular flexibility index (Phi) is 5.25. The summed E-state index contributed by atoms with van der Waals surface area (Å²) in [5.41, 5.74) is 3.81. The second-order valence-corrected chi connectivity index (χ2v) is 7.70. The summed E-state index contributed by atoms with van der Waals surface area (Å²) in [7, 11) is 0. The number of carbonyl (C=O) groups excluding carboxylic acids is 1. The van der Waals surface area contributed by atoms with Crippen molar-refractivity contribution in [2.24, 2.45) is 0 Å². The van der Waals surface area contributed by atoms with E-state index in [1.165, 1.54) is 33.4 Å². The highest BCUT2D eigenvalue weighted by molar-refractivity contribution is 7.99. The predicted octanol–water partition coefficient (Wildman–Crippen LogP) is 3.12. The summed E-state index contributed by atoms with van der Waals surface area (Å²) < 4.78 is 1.52. The molecule has 1 aromatic carbocycles. The van der Waals surface area contributed by atoms with Crippen molar-refractivity contribution in [2.75, 3.05) is 5.75 Å². The molecule has 0 radical (unpaired) electrons. The smallest absolute Gasteiger partial charge is 0.258 e. The summed E-state index contributed by atoms with van der Waals surface area (Å²) in [6.07, 6.45) is 4.87. The second kappa shape index (κ2) is 7.96. The van der Waals surface area contributed by atoms with E-state index in [2.05, 4.69) is 28.5 Å². The van der Waals surface area contributed by atoms with Gasteiger partial charge in [-0.2, -0.15) is 0 Å². The summed E-state index contributed by atoms with van der Waals surface area (Å²) in [6, 6.07) is 15.4. The third kappa shape index (κ3) is 4.06. The Labute approximate surface area is 161 Å². The molecule has 0 fully saturated rings. The van der Waals surface area contributed by atoms with E-state index in [1.54, 1.807) is 12.3 Å². The second-order valence-electron chi connectivity index (χ2n) is 6.72. The number of rotatable bonds is 5. The highest BCUT2D eigenvalue weighted by Gasteiger charge is 2.21. The summed E-state index contributed by atoms with van der Waals surface area (Å²) >= 11 is 1.48. The number of carbonyl (C=O) groups is 1. The van der Waals surface area contributed by atoms with Crippen molar-refractivity contribution in [1.82, 2.24) is 14.7 Å². The van der Waals surface area contributed by atoms with E-state index < -0.39 is 0 Å². The number of aromatic nitrogens is 2. The topological polar surface area (TPSA) is 63.5 Å². The molecule has 4 rings (SSSR count). The van der Waals surface area contributed by atoms with Crippen LogP contribution in [0.2, 0.25) is 0 Å². The number of hydrogen-bond donors (Lipinski definition) is 1. The van der Waals surface area contributed by atoms with E-state index in [1.807, 2.05) is 18.2 Å². The fourth-order valence-electron chi connectivity index (χ4n) is 3.57. The van der Waals surface area contributed by atoms with Crippen LogP contribution in [-0.2, 0) is 17.0 Å². The first kappa shape index (κ1) is 17.8. The fraction of sp³-hybridized carbons (Fsp3) is 0.286. The molecule has 1 N–H and O–H groups in total. The van der Waals surface area contributed by atoms with E-state index in [0.717, 1.165) is 19.3 Å². The van der Waals surface area contributed by atoms with Crippen molar-refractivity contribution in [3.8, 4) is 0 Å². The van der Waals surface area contributed by atoms with Crippen LogP contribution in [0, 0.1) is 0 Å². The number of pyridine rings is 1. The number of benzene rings is 1. The molecule has 0 aliphatic heterocycles. The summed E-state index contributed by atoms with van der Waals surface area (Å²) in [5, 5.41) is 3.16. The Morgan fingerprint density at radius 3 is 3.00 bits per heavy atom. The fourth-order valence-corrected chi connectivity index (χ4v) is 4.29. The van der Waals surface area contributed by atoms with Gasteiger partial charge in [-0.15, -0.1) is 11.8 Å². The van der Waals surface area contributed by atoms with Crippen molar-refractivity contribution in [2.45, 2.75) is 31.1 Å². The van der Waals surface area contributed by atoms with Crippen LogP contribution in [0.25, 0.3) is 5.65 Å². The van der Waals surface area contributed by atoms with Gasteiger partial charge in [0.2, 0.25) is 5.91 Å². The van der Waals surface area contributed by atoms with Gasteiger partial charge in [0, 0.05) is 18.0 Å². The number of thioether (sulfide) groups is 1. The molecule has 1 aliphatic carbocycles. The van der Waals surface area contributed by atoms with Crippen LogP contribution in [0.3, 0.4) is 0 Å². The van der Waals surface area contributed by atoms with Gasteiger partial charge >= 0.3 is 0 Å². The minimum Gasteiger partial charge on any atom is -0.349 e. The van der Waals surface area contributed by atoms with E-state index >= 15 is 0 Å².